The Balaban J connectivity index is 1.96. The summed E-state index contributed by atoms with van der Waals surface area (Å²) in [4.78, 5) is 4.58. The van der Waals surface area contributed by atoms with E-state index in [4.69, 9.17) is 0 Å². The van der Waals surface area contributed by atoms with Crippen molar-refractivity contribution < 1.29 is 5.11 Å². The number of nitrogens with zero attached hydrogens (tertiary/aromatic N) is 4. The van der Waals surface area contributed by atoms with E-state index in [9.17, 15) is 5.11 Å². The maximum Gasteiger partial charge on any atom is 0.112 e. The summed E-state index contributed by atoms with van der Waals surface area (Å²) in [6, 6.07) is 7.98. The molecule has 0 aliphatic heterocycles. The van der Waals surface area contributed by atoms with Crippen LogP contribution in [0.4, 0.5) is 0 Å². The highest BCUT2D eigenvalue weighted by Gasteiger charge is 2.16. The summed E-state index contributed by atoms with van der Waals surface area (Å²) in [7, 11) is 0. The minimum atomic E-state index is -0.694. The Morgan fingerprint density at radius 3 is 2.95 bits per heavy atom. The third-order valence-electron chi connectivity index (χ3n) is 3.20. The van der Waals surface area contributed by atoms with Crippen molar-refractivity contribution in [1.82, 2.24) is 25.0 Å². The fourth-order valence-electron chi connectivity index (χ4n) is 2.28. The van der Waals surface area contributed by atoms with Gasteiger partial charge in [0.05, 0.1) is 17.2 Å². The second-order valence-corrected chi connectivity index (χ2v) is 4.38. The van der Waals surface area contributed by atoms with Crippen LogP contribution in [0.25, 0.3) is 11.0 Å². The standard InChI is InChI=1S/C13H15N5O/c1-2-18-11-6-4-3-5-9(11)15-13(18)7-12(19)10-8-14-17-16-10/h3-6,8,12,19H,2,7H2,1H3,(H,14,16,17). The molecule has 98 valence electrons. The predicted octanol–water partition coefficient (Wildman–Crippen LogP) is 1.45. The third kappa shape index (κ3) is 2.10. The number of benzene rings is 1. The molecule has 6 heteroatoms. The lowest BCUT2D eigenvalue weighted by Gasteiger charge is -2.09. The molecule has 2 aromatic heterocycles. The summed E-state index contributed by atoms with van der Waals surface area (Å²) in [5.41, 5.74) is 2.58. The zero-order chi connectivity index (χ0) is 13.2. The molecule has 0 fully saturated rings. The van der Waals surface area contributed by atoms with Gasteiger partial charge in [0, 0.05) is 13.0 Å². The van der Waals surface area contributed by atoms with E-state index in [1.54, 1.807) is 0 Å². The van der Waals surface area contributed by atoms with E-state index in [2.05, 4.69) is 31.9 Å². The lowest BCUT2D eigenvalue weighted by atomic mass is 10.2. The highest BCUT2D eigenvalue weighted by atomic mass is 16.3. The average Bonchev–Trinajstić information content (AvgIpc) is 3.05. The van der Waals surface area contributed by atoms with Gasteiger partial charge in [0.2, 0.25) is 0 Å². The number of aromatic amines is 1. The van der Waals surface area contributed by atoms with E-state index in [0.29, 0.717) is 12.1 Å². The van der Waals surface area contributed by atoms with E-state index in [1.807, 2.05) is 24.3 Å². The maximum atomic E-state index is 10.1. The molecule has 3 rings (SSSR count). The fraction of sp³-hybridized carbons (Fsp3) is 0.308. The van der Waals surface area contributed by atoms with Crippen molar-refractivity contribution in [3.63, 3.8) is 0 Å². The van der Waals surface area contributed by atoms with Crippen LogP contribution in [0, 0.1) is 0 Å². The van der Waals surface area contributed by atoms with Crippen LogP contribution in [0.2, 0.25) is 0 Å². The molecular weight excluding hydrogens is 242 g/mol. The van der Waals surface area contributed by atoms with E-state index >= 15 is 0 Å². The van der Waals surface area contributed by atoms with Gasteiger partial charge in [-0.3, -0.25) is 0 Å². The number of aliphatic hydroxyl groups excluding tert-OH is 1. The normalized spacial score (nSPS) is 12.9. The molecule has 2 N–H and O–H groups in total. The highest BCUT2D eigenvalue weighted by molar-refractivity contribution is 5.75. The number of nitrogens with one attached hydrogen (secondary N) is 1. The Hall–Kier alpha value is -2.21. The number of aryl methyl sites for hydroxylation is 1. The van der Waals surface area contributed by atoms with Crippen LogP contribution in [-0.4, -0.2) is 30.1 Å². The quantitative estimate of drug-likeness (QED) is 0.741. The number of aliphatic hydroxyl groups is 1. The molecule has 19 heavy (non-hydrogen) atoms. The van der Waals surface area contributed by atoms with Gasteiger partial charge in [0.1, 0.15) is 17.6 Å². The Morgan fingerprint density at radius 2 is 2.21 bits per heavy atom. The molecule has 0 saturated carbocycles. The Bertz CT molecular complexity index is 673. The van der Waals surface area contributed by atoms with Crippen molar-refractivity contribution in [1.29, 1.82) is 0 Å². The van der Waals surface area contributed by atoms with Gasteiger partial charge in [-0.1, -0.05) is 12.1 Å². The second-order valence-electron chi connectivity index (χ2n) is 4.38. The van der Waals surface area contributed by atoms with Crippen LogP contribution in [0.1, 0.15) is 24.5 Å². The molecule has 2 heterocycles. The molecule has 1 unspecified atom stereocenters. The van der Waals surface area contributed by atoms with Crippen LogP contribution in [0.15, 0.2) is 30.5 Å². The van der Waals surface area contributed by atoms with Gasteiger partial charge in [0.15, 0.2) is 0 Å². The predicted molar refractivity (Wildman–Crippen MR) is 70.5 cm³/mol. The molecule has 0 bridgehead atoms. The fourth-order valence-corrected chi connectivity index (χ4v) is 2.28. The van der Waals surface area contributed by atoms with E-state index < -0.39 is 6.10 Å². The first kappa shape index (κ1) is 11.9. The summed E-state index contributed by atoms with van der Waals surface area (Å²) in [5.74, 6) is 0.860. The zero-order valence-corrected chi connectivity index (χ0v) is 10.6. The lowest BCUT2D eigenvalue weighted by Crippen LogP contribution is -2.09. The van der Waals surface area contributed by atoms with Gasteiger partial charge in [0.25, 0.3) is 0 Å². The van der Waals surface area contributed by atoms with Gasteiger partial charge < -0.3 is 9.67 Å². The van der Waals surface area contributed by atoms with Crippen LogP contribution < -0.4 is 0 Å². The molecule has 0 aliphatic rings. The zero-order valence-electron chi connectivity index (χ0n) is 10.6. The Labute approximate surface area is 110 Å². The molecule has 0 saturated heterocycles. The van der Waals surface area contributed by atoms with Crippen molar-refractivity contribution >= 4 is 11.0 Å². The summed E-state index contributed by atoms with van der Waals surface area (Å²) < 4.78 is 2.11. The molecule has 3 aromatic rings. The van der Waals surface area contributed by atoms with Gasteiger partial charge in [-0.2, -0.15) is 15.4 Å². The number of para-hydroxylation sites is 2. The smallest absolute Gasteiger partial charge is 0.112 e. The van der Waals surface area contributed by atoms with Gasteiger partial charge in [-0.25, -0.2) is 4.98 Å². The average molecular weight is 257 g/mol. The monoisotopic (exact) mass is 257 g/mol. The molecular formula is C13H15N5O. The second kappa shape index (κ2) is 4.81. The molecule has 0 aliphatic carbocycles. The topological polar surface area (TPSA) is 79.6 Å². The van der Waals surface area contributed by atoms with Crippen molar-refractivity contribution in [2.75, 3.05) is 0 Å². The number of hydrogen-bond donors (Lipinski definition) is 2. The molecule has 0 radical (unpaired) electrons. The third-order valence-corrected chi connectivity index (χ3v) is 3.20. The number of imidazole rings is 1. The highest BCUT2D eigenvalue weighted by Crippen LogP contribution is 2.20. The van der Waals surface area contributed by atoms with Crippen LogP contribution >= 0.6 is 0 Å². The van der Waals surface area contributed by atoms with E-state index in [1.165, 1.54) is 6.20 Å². The number of aromatic nitrogens is 5. The van der Waals surface area contributed by atoms with E-state index in [-0.39, 0.29) is 0 Å². The molecule has 6 nitrogen and oxygen atoms in total. The van der Waals surface area contributed by atoms with Gasteiger partial charge >= 0.3 is 0 Å². The van der Waals surface area contributed by atoms with Crippen molar-refractivity contribution in [3.05, 3.63) is 42.0 Å². The summed E-state index contributed by atoms with van der Waals surface area (Å²) in [5, 5.41) is 20.2. The number of rotatable bonds is 4. The van der Waals surface area contributed by atoms with E-state index in [0.717, 1.165) is 23.4 Å². The largest absolute Gasteiger partial charge is 0.386 e. The summed E-state index contributed by atoms with van der Waals surface area (Å²) >= 11 is 0. The van der Waals surface area contributed by atoms with Crippen LogP contribution in [-0.2, 0) is 13.0 Å². The molecule has 0 amide bonds. The minimum Gasteiger partial charge on any atom is -0.386 e. The Kier molecular flexibility index (Phi) is 3.00. The number of hydrogen-bond acceptors (Lipinski definition) is 4. The first-order valence-corrected chi connectivity index (χ1v) is 6.27. The van der Waals surface area contributed by atoms with Gasteiger partial charge in [-0.05, 0) is 19.1 Å². The number of H-pyrrole nitrogens is 1. The summed E-state index contributed by atoms with van der Waals surface area (Å²) in [6.07, 6.45) is 1.26. The Morgan fingerprint density at radius 1 is 1.37 bits per heavy atom. The molecule has 1 aromatic carbocycles. The summed E-state index contributed by atoms with van der Waals surface area (Å²) in [6.45, 7) is 2.89. The van der Waals surface area contributed by atoms with Crippen LogP contribution in [0.3, 0.4) is 0 Å². The van der Waals surface area contributed by atoms with Crippen LogP contribution in [0.5, 0.6) is 0 Å². The first-order valence-electron chi connectivity index (χ1n) is 6.27. The number of fused-ring (bicyclic) bond motifs is 1. The minimum absolute atomic E-state index is 0.426. The molecule has 0 spiro atoms. The SMILES string of the molecule is CCn1c(CC(O)c2cn[nH]n2)nc2ccccc21. The first-order chi connectivity index (χ1) is 9.29. The lowest BCUT2D eigenvalue weighted by molar-refractivity contribution is 0.170. The van der Waals surface area contributed by atoms with Crippen molar-refractivity contribution in [2.24, 2.45) is 0 Å². The van der Waals surface area contributed by atoms with Crippen molar-refractivity contribution in [2.45, 2.75) is 26.0 Å². The van der Waals surface area contributed by atoms with Gasteiger partial charge in [-0.15, -0.1) is 0 Å². The van der Waals surface area contributed by atoms with Crippen molar-refractivity contribution in [3.8, 4) is 0 Å². The molecule has 1 atom stereocenters. The maximum absolute atomic E-state index is 10.1.